The number of nitrogens with zero attached hydrogens (tertiary/aromatic N) is 1. The van der Waals surface area contributed by atoms with Crippen LogP contribution in [0.25, 0.3) is 21.5 Å². The van der Waals surface area contributed by atoms with Gasteiger partial charge in [-0.15, -0.1) is 11.3 Å². The maximum Gasteiger partial charge on any atom is 0.178 e. The molecular weight excluding hydrogens is 384 g/mol. The van der Waals surface area contributed by atoms with Gasteiger partial charge in [0.15, 0.2) is 5.58 Å². The van der Waals surface area contributed by atoms with E-state index >= 15 is 0 Å². The van der Waals surface area contributed by atoms with E-state index in [9.17, 15) is 5.11 Å². The van der Waals surface area contributed by atoms with Crippen molar-refractivity contribution in [3.63, 3.8) is 0 Å². The van der Waals surface area contributed by atoms with Crippen molar-refractivity contribution in [2.75, 3.05) is 13.2 Å². The van der Waals surface area contributed by atoms with E-state index in [-0.39, 0.29) is 12.6 Å². The molecular formula is C23H24N2O3S. The summed E-state index contributed by atoms with van der Waals surface area (Å²) in [6, 6.07) is 19.9. The standard InChI is InChI=1S/C23H24N2O3S/c1-16(17-7-4-3-5-8-17)24-14-23(2,26)15-27-19-10-6-9-18(13-19)21-22-20(28-25-21)11-12-29-22/h3-13,16,24,26H,14-15H2,1-2H3/t16-,23-/m1/s1. The van der Waals surface area contributed by atoms with Crippen LogP contribution in [0.2, 0.25) is 0 Å². The second-order valence-electron chi connectivity index (χ2n) is 7.47. The number of fused-ring (bicyclic) bond motifs is 1. The van der Waals surface area contributed by atoms with Crippen LogP contribution in [0.5, 0.6) is 5.75 Å². The van der Waals surface area contributed by atoms with Gasteiger partial charge in [-0.05, 0) is 43.0 Å². The molecule has 0 fully saturated rings. The Labute approximate surface area is 173 Å². The number of aliphatic hydroxyl groups is 1. The van der Waals surface area contributed by atoms with Crippen LogP contribution in [0.1, 0.15) is 25.5 Å². The first-order chi connectivity index (χ1) is 14.0. The number of nitrogens with one attached hydrogen (secondary N) is 1. The first kappa shape index (κ1) is 19.6. The first-order valence-electron chi connectivity index (χ1n) is 9.59. The predicted octanol–water partition coefficient (Wildman–Crippen LogP) is 5.04. The van der Waals surface area contributed by atoms with Crippen molar-refractivity contribution in [2.24, 2.45) is 0 Å². The molecule has 6 heteroatoms. The van der Waals surface area contributed by atoms with Gasteiger partial charge in [-0.3, -0.25) is 0 Å². The summed E-state index contributed by atoms with van der Waals surface area (Å²) in [6.45, 7) is 4.45. The minimum Gasteiger partial charge on any atom is -0.491 e. The Hall–Kier alpha value is -2.67. The van der Waals surface area contributed by atoms with Crippen LogP contribution >= 0.6 is 11.3 Å². The fourth-order valence-corrected chi connectivity index (χ4v) is 3.93. The van der Waals surface area contributed by atoms with Crippen LogP contribution in [-0.4, -0.2) is 29.0 Å². The van der Waals surface area contributed by atoms with Gasteiger partial charge in [0.05, 0.1) is 0 Å². The van der Waals surface area contributed by atoms with E-state index < -0.39 is 5.60 Å². The molecule has 2 atom stereocenters. The van der Waals surface area contributed by atoms with Crippen molar-refractivity contribution >= 4 is 21.6 Å². The Morgan fingerprint density at radius 1 is 1.17 bits per heavy atom. The van der Waals surface area contributed by atoms with Crippen LogP contribution in [0.4, 0.5) is 0 Å². The van der Waals surface area contributed by atoms with Gasteiger partial charge in [0.25, 0.3) is 0 Å². The van der Waals surface area contributed by atoms with Gasteiger partial charge in [-0.25, -0.2) is 0 Å². The van der Waals surface area contributed by atoms with Crippen LogP contribution < -0.4 is 10.1 Å². The zero-order valence-corrected chi connectivity index (χ0v) is 17.3. The van der Waals surface area contributed by atoms with E-state index in [4.69, 9.17) is 9.26 Å². The second kappa shape index (κ2) is 8.37. The number of thiophene rings is 1. The lowest BCUT2D eigenvalue weighted by atomic mass is 10.1. The quantitative estimate of drug-likeness (QED) is 0.428. The van der Waals surface area contributed by atoms with E-state index in [1.54, 1.807) is 18.3 Å². The smallest absolute Gasteiger partial charge is 0.178 e. The number of rotatable bonds is 8. The average Bonchev–Trinajstić information content (AvgIpc) is 3.35. The molecule has 0 bridgehead atoms. The summed E-state index contributed by atoms with van der Waals surface area (Å²) < 4.78 is 12.3. The zero-order chi connectivity index (χ0) is 20.3. The number of aromatic nitrogens is 1. The second-order valence-corrected chi connectivity index (χ2v) is 8.39. The molecule has 2 aromatic heterocycles. The summed E-state index contributed by atoms with van der Waals surface area (Å²) in [7, 11) is 0. The molecule has 0 amide bonds. The van der Waals surface area contributed by atoms with Crippen LogP contribution in [0.3, 0.4) is 0 Å². The van der Waals surface area contributed by atoms with E-state index in [1.165, 1.54) is 5.56 Å². The summed E-state index contributed by atoms with van der Waals surface area (Å²) in [5, 5.41) is 20.3. The summed E-state index contributed by atoms with van der Waals surface area (Å²) in [6.07, 6.45) is 0. The van der Waals surface area contributed by atoms with Crippen molar-refractivity contribution in [3.05, 3.63) is 71.6 Å². The fourth-order valence-electron chi connectivity index (χ4n) is 3.12. The molecule has 0 unspecified atom stereocenters. The molecule has 0 aliphatic carbocycles. The molecule has 2 heterocycles. The molecule has 0 saturated heterocycles. The monoisotopic (exact) mass is 408 g/mol. The van der Waals surface area contributed by atoms with Gasteiger partial charge in [-0.1, -0.05) is 47.6 Å². The molecule has 0 aliphatic heterocycles. The number of hydrogen-bond donors (Lipinski definition) is 2. The van der Waals surface area contributed by atoms with Gasteiger partial charge in [-0.2, -0.15) is 0 Å². The normalized spacial score (nSPS) is 14.6. The molecule has 0 spiro atoms. The number of benzene rings is 2. The van der Waals surface area contributed by atoms with Gasteiger partial charge in [0.1, 0.15) is 28.4 Å². The third kappa shape index (κ3) is 4.67. The van der Waals surface area contributed by atoms with Crippen molar-refractivity contribution < 1.29 is 14.4 Å². The molecule has 0 aliphatic rings. The highest BCUT2D eigenvalue weighted by molar-refractivity contribution is 7.17. The lowest BCUT2D eigenvalue weighted by molar-refractivity contribution is 0.0105. The highest BCUT2D eigenvalue weighted by atomic mass is 32.1. The molecule has 4 aromatic rings. The van der Waals surface area contributed by atoms with E-state index in [0.29, 0.717) is 12.3 Å². The Morgan fingerprint density at radius 2 is 2.00 bits per heavy atom. The Morgan fingerprint density at radius 3 is 2.83 bits per heavy atom. The van der Waals surface area contributed by atoms with Gasteiger partial charge < -0.3 is 19.7 Å². The SMILES string of the molecule is C[C@@H](NC[C@@](C)(O)COc1cccc(-c2noc3ccsc23)c1)c1ccccc1. The molecule has 0 radical (unpaired) electrons. The van der Waals surface area contributed by atoms with Gasteiger partial charge in [0, 0.05) is 18.2 Å². The summed E-state index contributed by atoms with van der Waals surface area (Å²) >= 11 is 1.60. The average molecular weight is 409 g/mol. The molecule has 2 aromatic carbocycles. The Balaban J connectivity index is 1.37. The van der Waals surface area contributed by atoms with E-state index in [0.717, 1.165) is 21.5 Å². The lowest BCUT2D eigenvalue weighted by Crippen LogP contribution is -2.43. The third-order valence-electron chi connectivity index (χ3n) is 4.83. The van der Waals surface area contributed by atoms with Crippen molar-refractivity contribution in [1.29, 1.82) is 0 Å². The van der Waals surface area contributed by atoms with Crippen LogP contribution in [0, 0.1) is 0 Å². The molecule has 2 N–H and O–H groups in total. The molecule has 4 rings (SSSR count). The third-order valence-corrected chi connectivity index (χ3v) is 5.73. The first-order valence-corrected chi connectivity index (χ1v) is 10.5. The maximum atomic E-state index is 10.7. The summed E-state index contributed by atoms with van der Waals surface area (Å²) in [5.74, 6) is 0.687. The van der Waals surface area contributed by atoms with E-state index in [2.05, 4.69) is 29.5 Å². The Kier molecular flexibility index (Phi) is 5.67. The summed E-state index contributed by atoms with van der Waals surface area (Å²) in [5.41, 5.74) is 2.71. The van der Waals surface area contributed by atoms with Crippen LogP contribution in [-0.2, 0) is 0 Å². The highest BCUT2D eigenvalue weighted by Crippen LogP contribution is 2.33. The summed E-state index contributed by atoms with van der Waals surface area (Å²) in [4.78, 5) is 0. The highest BCUT2D eigenvalue weighted by Gasteiger charge is 2.23. The molecule has 5 nitrogen and oxygen atoms in total. The minimum atomic E-state index is -1.01. The lowest BCUT2D eigenvalue weighted by Gasteiger charge is -2.26. The van der Waals surface area contributed by atoms with Crippen molar-refractivity contribution in [1.82, 2.24) is 10.5 Å². The molecule has 0 saturated carbocycles. The van der Waals surface area contributed by atoms with Gasteiger partial charge in [0.2, 0.25) is 0 Å². The van der Waals surface area contributed by atoms with Crippen molar-refractivity contribution in [3.8, 4) is 17.0 Å². The van der Waals surface area contributed by atoms with E-state index in [1.807, 2.05) is 53.9 Å². The molecule has 29 heavy (non-hydrogen) atoms. The Bertz CT molecular complexity index is 1070. The fraction of sp³-hybridized carbons (Fsp3) is 0.261. The number of hydrogen-bond acceptors (Lipinski definition) is 6. The van der Waals surface area contributed by atoms with Crippen LogP contribution in [0.15, 0.2) is 70.6 Å². The maximum absolute atomic E-state index is 10.7. The van der Waals surface area contributed by atoms with Crippen molar-refractivity contribution in [2.45, 2.75) is 25.5 Å². The number of ether oxygens (including phenoxy) is 1. The van der Waals surface area contributed by atoms with Gasteiger partial charge >= 0.3 is 0 Å². The molecule has 150 valence electrons. The minimum absolute atomic E-state index is 0.145. The topological polar surface area (TPSA) is 67.5 Å². The largest absolute Gasteiger partial charge is 0.491 e. The predicted molar refractivity (Wildman–Crippen MR) is 116 cm³/mol. The zero-order valence-electron chi connectivity index (χ0n) is 16.5.